The van der Waals surface area contributed by atoms with Gasteiger partial charge in [-0.05, 0) is 43.2 Å². The minimum atomic E-state index is -3.80. The fourth-order valence-electron chi connectivity index (χ4n) is 2.98. The third-order valence-electron chi connectivity index (χ3n) is 4.39. The normalized spacial score (nSPS) is 14.4. The average molecular weight is 386 g/mol. The van der Waals surface area contributed by atoms with Crippen LogP contribution in [0.3, 0.4) is 0 Å². The molecule has 0 spiro atoms. The number of carbonyl (C=O) groups is 1. The lowest BCUT2D eigenvalue weighted by atomic mass is 10.3. The summed E-state index contributed by atoms with van der Waals surface area (Å²) in [5.74, 6) is -0.175. The summed E-state index contributed by atoms with van der Waals surface area (Å²) in [4.78, 5) is 20.7. The maximum Gasteiger partial charge on any atom is 0.270 e. The van der Waals surface area contributed by atoms with Gasteiger partial charge in [0, 0.05) is 25.0 Å². The number of amides is 1. The molecule has 0 aliphatic carbocycles. The van der Waals surface area contributed by atoms with Gasteiger partial charge in [-0.3, -0.25) is 9.52 Å². The highest BCUT2D eigenvalue weighted by atomic mass is 32.2. The lowest BCUT2D eigenvalue weighted by Crippen LogP contribution is -2.27. The van der Waals surface area contributed by atoms with Gasteiger partial charge in [0.1, 0.15) is 23.2 Å². The molecule has 1 fully saturated rings. The Morgan fingerprint density at radius 2 is 1.89 bits per heavy atom. The number of sulfonamides is 1. The lowest BCUT2D eigenvalue weighted by Gasteiger charge is -2.13. The van der Waals surface area contributed by atoms with Gasteiger partial charge in [0.2, 0.25) is 0 Å². The highest BCUT2D eigenvalue weighted by Gasteiger charge is 2.23. The standard InChI is InChI=1S/C17H18N6O3S/c24-17(22-7-1-2-8-22)16-9-15(10-19-16)27(25,26)21-13-3-5-14(6-4-13)23-12-18-11-20-23/h3-6,9-12,19,21H,1-2,7-8H2. The van der Waals surface area contributed by atoms with Crippen LogP contribution in [-0.2, 0) is 10.0 Å². The number of aromatic nitrogens is 4. The number of aromatic amines is 1. The Bertz CT molecular complexity index is 1030. The zero-order chi connectivity index (χ0) is 18.9. The lowest BCUT2D eigenvalue weighted by molar-refractivity contribution is 0.0787. The molecule has 1 saturated heterocycles. The van der Waals surface area contributed by atoms with Gasteiger partial charge in [-0.1, -0.05) is 0 Å². The third-order valence-corrected chi connectivity index (χ3v) is 5.75. The number of nitrogens with one attached hydrogen (secondary N) is 2. The van der Waals surface area contributed by atoms with Gasteiger partial charge in [0.25, 0.3) is 15.9 Å². The topological polar surface area (TPSA) is 113 Å². The molecule has 10 heteroatoms. The van der Waals surface area contributed by atoms with E-state index in [1.165, 1.54) is 18.6 Å². The summed E-state index contributed by atoms with van der Waals surface area (Å²) < 4.78 is 29.3. The van der Waals surface area contributed by atoms with E-state index in [4.69, 9.17) is 0 Å². The first-order valence-corrected chi connectivity index (χ1v) is 9.97. The van der Waals surface area contributed by atoms with E-state index in [9.17, 15) is 13.2 Å². The molecule has 3 aromatic rings. The van der Waals surface area contributed by atoms with E-state index in [1.54, 1.807) is 40.2 Å². The predicted molar refractivity (Wildman–Crippen MR) is 98.1 cm³/mol. The summed E-state index contributed by atoms with van der Waals surface area (Å²) in [6.07, 6.45) is 6.25. The van der Waals surface area contributed by atoms with Gasteiger partial charge in [-0.15, -0.1) is 0 Å². The van der Waals surface area contributed by atoms with Gasteiger partial charge >= 0.3 is 0 Å². The summed E-state index contributed by atoms with van der Waals surface area (Å²) in [5, 5.41) is 4.02. The molecule has 2 aromatic heterocycles. The second-order valence-electron chi connectivity index (χ2n) is 6.24. The van der Waals surface area contributed by atoms with E-state index in [2.05, 4.69) is 19.8 Å². The van der Waals surface area contributed by atoms with Gasteiger partial charge in [-0.2, -0.15) is 5.10 Å². The Kier molecular flexibility index (Phi) is 4.40. The van der Waals surface area contributed by atoms with Crippen molar-refractivity contribution >= 4 is 21.6 Å². The summed E-state index contributed by atoms with van der Waals surface area (Å²) in [6.45, 7) is 1.41. The van der Waals surface area contributed by atoms with Crippen LogP contribution in [0.2, 0.25) is 0 Å². The molecule has 3 heterocycles. The van der Waals surface area contributed by atoms with Crippen molar-refractivity contribution in [3.63, 3.8) is 0 Å². The average Bonchev–Trinajstić information content (AvgIpc) is 3.44. The molecular weight excluding hydrogens is 368 g/mol. The van der Waals surface area contributed by atoms with Gasteiger partial charge < -0.3 is 9.88 Å². The number of carbonyl (C=O) groups excluding carboxylic acids is 1. The van der Waals surface area contributed by atoms with Crippen LogP contribution in [0, 0.1) is 0 Å². The zero-order valence-corrected chi connectivity index (χ0v) is 15.2. The molecule has 140 valence electrons. The van der Waals surface area contributed by atoms with Crippen LogP contribution in [0.15, 0.2) is 54.1 Å². The fraction of sp³-hybridized carbons (Fsp3) is 0.235. The van der Waals surface area contributed by atoms with Crippen molar-refractivity contribution in [2.45, 2.75) is 17.7 Å². The number of nitrogens with zero attached hydrogens (tertiary/aromatic N) is 4. The van der Waals surface area contributed by atoms with Crippen molar-refractivity contribution < 1.29 is 13.2 Å². The van der Waals surface area contributed by atoms with E-state index in [0.29, 0.717) is 18.8 Å². The molecule has 4 rings (SSSR count). The molecule has 1 aliphatic heterocycles. The maximum atomic E-state index is 12.6. The molecule has 1 aliphatic rings. The highest BCUT2D eigenvalue weighted by molar-refractivity contribution is 7.92. The molecular formula is C17H18N6O3S. The highest BCUT2D eigenvalue weighted by Crippen LogP contribution is 2.20. The Hall–Kier alpha value is -3.14. The second kappa shape index (κ2) is 6.88. The molecule has 0 saturated carbocycles. The first-order valence-electron chi connectivity index (χ1n) is 8.48. The van der Waals surface area contributed by atoms with Crippen molar-refractivity contribution in [2.75, 3.05) is 17.8 Å². The molecule has 0 bridgehead atoms. The number of likely N-dealkylation sites (tertiary alicyclic amines) is 1. The number of anilines is 1. The third kappa shape index (κ3) is 3.56. The minimum Gasteiger partial charge on any atom is -0.356 e. The first kappa shape index (κ1) is 17.3. The monoisotopic (exact) mass is 386 g/mol. The van der Waals surface area contributed by atoms with Crippen molar-refractivity contribution in [2.24, 2.45) is 0 Å². The Balaban J connectivity index is 1.49. The number of benzene rings is 1. The van der Waals surface area contributed by atoms with Crippen molar-refractivity contribution in [3.05, 3.63) is 54.9 Å². The SMILES string of the molecule is O=C(c1cc(S(=O)(=O)Nc2ccc(-n3cncn3)cc2)c[nH]1)N1CCCC1. The first-order chi connectivity index (χ1) is 13.0. The predicted octanol–water partition coefficient (Wildman–Crippen LogP) is 1.63. The number of hydrogen-bond donors (Lipinski definition) is 2. The molecule has 27 heavy (non-hydrogen) atoms. The van der Waals surface area contributed by atoms with E-state index in [0.717, 1.165) is 18.5 Å². The van der Waals surface area contributed by atoms with Crippen LogP contribution >= 0.6 is 0 Å². The van der Waals surface area contributed by atoms with Crippen molar-refractivity contribution in [3.8, 4) is 5.69 Å². The van der Waals surface area contributed by atoms with Gasteiger partial charge in [0.15, 0.2) is 0 Å². The Morgan fingerprint density at radius 3 is 2.56 bits per heavy atom. The summed E-state index contributed by atoms with van der Waals surface area (Å²) in [5.41, 5.74) is 1.45. The van der Waals surface area contributed by atoms with Crippen LogP contribution in [0.4, 0.5) is 5.69 Å². The minimum absolute atomic E-state index is 0.0189. The van der Waals surface area contributed by atoms with Crippen molar-refractivity contribution in [1.82, 2.24) is 24.6 Å². The summed E-state index contributed by atoms with van der Waals surface area (Å²) >= 11 is 0. The van der Waals surface area contributed by atoms with Gasteiger partial charge in [0.05, 0.1) is 5.69 Å². The van der Waals surface area contributed by atoms with Crippen LogP contribution in [0.5, 0.6) is 0 Å². The number of rotatable bonds is 5. The van der Waals surface area contributed by atoms with E-state index >= 15 is 0 Å². The fourth-order valence-corrected chi connectivity index (χ4v) is 4.03. The van der Waals surface area contributed by atoms with Crippen molar-refractivity contribution in [1.29, 1.82) is 0 Å². The summed E-state index contributed by atoms with van der Waals surface area (Å²) in [7, 11) is -3.80. The quantitative estimate of drug-likeness (QED) is 0.692. The van der Waals surface area contributed by atoms with Gasteiger partial charge in [-0.25, -0.2) is 18.1 Å². The zero-order valence-electron chi connectivity index (χ0n) is 14.4. The Labute approximate surface area is 156 Å². The molecule has 1 aromatic carbocycles. The van der Waals surface area contributed by atoms with Crippen LogP contribution in [-0.4, -0.2) is 52.1 Å². The largest absolute Gasteiger partial charge is 0.356 e. The molecule has 0 radical (unpaired) electrons. The number of H-pyrrole nitrogens is 1. The molecule has 9 nitrogen and oxygen atoms in total. The molecule has 0 unspecified atom stereocenters. The van der Waals surface area contributed by atoms with Crippen LogP contribution < -0.4 is 4.72 Å². The summed E-state index contributed by atoms with van der Waals surface area (Å²) in [6, 6.07) is 8.10. The smallest absolute Gasteiger partial charge is 0.270 e. The van der Waals surface area contributed by atoms with Crippen LogP contribution in [0.25, 0.3) is 5.69 Å². The second-order valence-corrected chi connectivity index (χ2v) is 7.92. The molecule has 0 atom stereocenters. The van der Waals surface area contributed by atoms with Crippen LogP contribution in [0.1, 0.15) is 23.3 Å². The molecule has 2 N–H and O–H groups in total. The van der Waals surface area contributed by atoms with E-state index in [1.807, 2.05) is 0 Å². The Morgan fingerprint density at radius 1 is 1.15 bits per heavy atom. The molecule has 1 amide bonds. The van der Waals surface area contributed by atoms with E-state index in [-0.39, 0.29) is 16.5 Å². The maximum absolute atomic E-state index is 12.6. The van der Waals surface area contributed by atoms with E-state index < -0.39 is 10.0 Å². The number of hydrogen-bond acceptors (Lipinski definition) is 5.